The zero-order valence-corrected chi connectivity index (χ0v) is 9.30. The summed E-state index contributed by atoms with van der Waals surface area (Å²) in [5.41, 5.74) is 6.33. The first kappa shape index (κ1) is 13.2. The fourth-order valence-corrected chi connectivity index (χ4v) is 1.58. The Morgan fingerprint density at radius 3 is 2.47 bits per heavy atom. The van der Waals surface area contributed by atoms with E-state index in [2.05, 4.69) is 0 Å². The van der Waals surface area contributed by atoms with Crippen molar-refractivity contribution in [1.29, 1.82) is 0 Å². The van der Waals surface area contributed by atoms with Gasteiger partial charge in [-0.2, -0.15) is 0 Å². The van der Waals surface area contributed by atoms with E-state index in [1.54, 1.807) is 18.2 Å². The van der Waals surface area contributed by atoms with E-state index in [4.69, 9.17) is 15.9 Å². The van der Waals surface area contributed by atoms with Crippen molar-refractivity contribution >= 4 is 11.9 Å². The minimum absolute atomic E-state index is 0.261. The molecule has 0 radical (unpaired) electrons. The number of carboxylic acid groups (broad SMARTS) is 2. The van der Waals surface area contributed by atoms with Crippen molar-refractivity contribution in [2.45, 2.75) is 25.3 Å². The highest BCUT2D eigenvalue weighted by Gasteiger charge is 2.12. The lowest BCUT2D eigenvalue weighted by Crippen LogP contribution is -2.29. The molecular formula is C12H15NO4. The van der Waals surface area contributed by atoms with Gasteiger partial charge in [0.05, 0.1) is 5.56 Å². The highest BCUT2D eigenvalue weighted by atomic mass is 16.4. The van der Waals surface area contributed by atoms with Crippen LogP contribution in [0.15, 0.2) is 24.3 Å². The van der Waals surface area contributed by atoms with Crippen molar-refractivity contribution in [3.63, 3.8) is 0 Å². The van der Waals surface area contributed by atoms with Gasteiger partial charge in [0.15, 0.2) is 0 Å². The molecule has 0 bridgehead atoms. The fourth-order valence-electron chi connectivity index (χ4n) is 1.58. The maximum absolute atomic E-state index is 10.9. The molecule has 0 spiro atoms. The van der Waals surface area contributed by atoms with Gasteiger partial charge in [-0.3, -0.25) is 4.79 Å². The van der Waals surface area contributed by atoms with Gasteiger partial charge in [0.25, 0.3) is 0 Å². The first-order chi connectivity index (χ1) is 8.02. The van der Waals surface area contributed by atoms with Gasteiger partial charge in [-0.15, -0.1) is 0 Å². The second-order valence-corrected chi connectivity index (χ2v) is 3.80. The van der Waals surface area contributed by atoms with E-state index >= 15 is 0 Å². The number of carboxylic acids is 2. The number of hydrogen-bond donors (Lipinski definition) is 3. The molecule has 5 heteroatoms. The fraction of sp³-hybridized carbons (Fsp3) is 0.333. The van der Waals surface area contributed by atoms with Gasteiger partial charge in [-0.05, 0) is 30.9 Å². The molecule has 0 aromatic heterocycles. The van der Waals surface area contributed by atoms with Crippen LogP contribution in [-0.2, 0) is 11.2 Å². The van der Waals surface area contributed by atoms with Gasteiger partial charge >= 0.3 is 11.9 Å². The van der Waals surface area contributed by atoms with Gasteiger partial charge in [0, 0.05) is 0 Å². The van der Waals surface area contributed by atoms with Crippen LogP contribution >= 0.6 is 0 Å². The summed E-state index contributed by atoms with van der Waals surface area (Å²) in [5.74, 6) is -2.00. The van der Waals surface area contributed by atoms with Crippen LogP contribution in [-0.4, -0.2) is 28.2 Å². The Labute approximate surface area is 98.9 Å². The third-order valence-corrected chi connectivity index (χ3v) is 2.53. The quantitative estimate of drug-likeness (QED) is 0.688. The Kier molecular flexibility index (Phi) is 4.66. The molecule has 4 N–H and O–H groups in total. The minimum Gasteiger partial charge on any atom is -0.480 e. The molecule has 0 aliphatic carbocycles. The number of carbonyl (C=O) groups is 2. The molecule has 92 valence electrons. The van der Waals surface area contributed by atoms with Crippen LogP contribution < -0.4 is 5.73 Å². The van der Waals surface area contributed by atoms with Crippen LogP contribution in [0.25, 0.3) is 0 Å². The van der Waals surface area contributed by atoms with Crippen LogP contribution in [0.4, 0.5) is 0 Å². The Morgan fingerprint density at radius 1 is 1.24 bits per heavy atom. The summed E-state index contributed by atoms with van der Waals surface area (Å²) >= 11 is 0. The smallest absolute Gasteiger partial charge is 0.335 e. The Bertz CT molecular complexity index is 417. The predicted molar refractivity (Wildman–Crippen MR) is 62.0 cm³/mol. The van der Waals surface area contributed by atoms with Gasteiger partial charge in [-0.1, -0.05) is 18.2 Å². The topological polar surface area (TPSA) is 101 Å². The summed E-state index contributed by atoms with van der Waals surface area (Å²) < 4.78 is 0. The Morgan fingerprint density at radius 2 is 1.88 bits per heavy atom. The highest BCUT2D eigenvalue weighted by molar-refractivity contribution is 5.89. The molecule has 5 nitrogen and oxygen atoms in total. The largest absolute Gasteiger partial charge is 0.480 e. The third kappa shape index (κ3) is 3.88. The molecule has 1 atom stereocenters. The molecule has 0 unspecified atom stereocenters. The van der Waals surface area contributed by atoms with Crippen molar-refractivity contribution in [1.82, 2.24) is 0 Å². The summed E-state index contributed by atoms with van der Waals surface area (Å²) in [6, 6.07) is 5.81. The van der Waals surface area contributed by atoms with Gasteiger partial charge in [0.1, 0.15) is 6.04 Å². The number of rotatable bonds is 6. The summed E-state index contributed by atoms with van der Waals surface area (Å²) in [6.45, 7) is 0. The van der Waals surface area contributed by atoms with Crippen LogP contribution in [0.1, 0.15) is 28.8 Å². The van der Waals surface area contributed by atoms with Gasteiger partial charge < -0.3 is 15.9 Å². The minimum atomic E-state index is -1.03. The average Bonchev–Trinajstić information content (AvgIpc) is 2.29. The van der Waals surface area contributed by atoms with Gasteiger partial charge in [0.2, 0.25) is 0 Å². The molecule has 1 aromatic carbocycles. The normalized spacial score (nSPS) is 12.1. The molecule has 0 saturated carbocycles. The number of aryl methyl sites for hydroxylation is 1. The Hall–Kier alpha value is -1.88. The summed E-state index contributed by atoms with van der Waals surface area (Å²) in [5, 5.41) is 17.5. The lowest BCUT2D eigenvalue weighted by molar-refractivity contribution is -0.138. The first-order valence-corrected chi connectivity index (χ1v) is 5.32. The molecule has 0 aliphatic rings. The molecular weight excluding hydrogens is 222 g/mol. The SMILES string of the molecule is N[C@H](CCCc1ccccc1C(=O)O)C(=O)O. The van der Waals surface area contributed by atoms with Crippen LogP contribution in [0, 0.1) is 0 Å². The highest BCUT2D eigenvalue weighted by Crippen LogP contribution is 2.12. The zero-order chi connectivity index (χ0) is 12.8. The van der Waals surface area contributed by atoms with Crippen molar-refractivity contribution in [3.05, 3.63) is 35.4 Å². The summed E-state index contributed by atoms with van der Waals surface area (Å²) in [4.78, 5) is 21.4. The lowest BCUT2D eigenvalue weighted by atomic mass is 10.0. The van der Waals surface area contributed by atoms with E-state index in [-0.39, 0.29) is 5.56 Å². The van der Waals surface area contributed by atoms with Gasteiger partial charge in [-0.25, -0.2) is 4.79 Å². The number of hydrogen-bond acceptors (Lipinski definition) is 3. The van der Waals surface area contributed by atoms with Crippen molar-refractivity contribution in [3.8, 4) is 0 Å². The van der Waals surface area contributed by atoms with Crippen LogP contribution in [0.2, 0.25) is 0 Å². The van der Waals surface area contributed by atoms with Crippen molar-refractivity contribution < 1.29 is 19.8 Å². The standard InChI is InChI=1S/C12H15NO4/c13-10(12(16)17)7-3-5-8-4-1-2-6-9(8)11(14)15/h1-2,4,6,10H,3,5,7,13H2,(H,14,15)(H,16,17)/t10-/m1/s1. The molecule has 0 aliphatic heterocycles. The van der Waals surface area contributed by atoms with E-state index in [0.717, 1.165) is 0 Å². The second kappa shape index (κ2) is 6.00. The monoisotopic (exact) mass is 237 g/mol. The Balaban J connectivity index is 2.58. The molecule has 0 fully saturated rings. The first-order valence-electron chi connectivity index (χ1n) is 5.32. The number of aromatic carboxylic acids is 1. The van der Waals surface area contributed by atoms with E-state index in [1.807, 2.05) is 0 Å². The van der Waals surface area contributed by atoms with Crippen molar-refractivity contribution in [2.75, 3.05) is 0 Å². The average molecular weight is 237 g/mol. The molecule has 17 heavy (non-hydrogen) atoms. The number of benzene rings is 1. The second-order valence-electron chi connectivity index (χ2n) is 3.80. The zero-order valence-electron chi connectivity index (χ0n) is 9.30. The van der Waals surface area contributed by atoms with Crippen LogP contribution in [0.3, 0.4) is 0 Å². The third-order valence-electron chi connectivity index (χ3n) is 2.53. The molecule has 0 heterocycles. The molecule has 1 rings (SSSR count). The molecule has 0 amide bonds. The summed E-state index contributed by atoms with van der Waals surface area (Å²) in [7, 11) is 0. The molecule has 1 aromatic rings. The molecule has 0 saturated heterocycles. The van der Waals surface area contributed by atoms with E-state index in [0.29, 0.717) is 24.8 Å². The lowest BCUT2D eigenvalue weighted by Gasteiger charge is -2.08. The van der Waals surface area contributed by atoms with E-state index in [1.165, 1.54) is 6.07 Å². The maximum atomic E-state index is 10.9. The van der Waals surface area contributed by atoms with Crippen LogP contribution in [0.5, 0.6) is 0 Å². The van der Waals surface area contributed by atoms with E-state index < -0.39 is 18.0 Å². The number of nitrogens with two attached hydrogens (primary N) is 1. The number of aliphatic carboxylic acids is 1. The summed E-state index contributed by atoms with van der Waals surface area (Å²) in [6.07, 6.45) is 1.41. The maximum Gasteiger partial charge on any atom is 0.335 e. The predicted octanol–water partition coefficient (Wildman–Crippen LogP) is 1.12. The van der Waals surface area contributed by atoms with Crippen molar-refractivity contribution in [2.24, 2.45) is 5.73 Å². The van der Waals surface area contributed by atoms with E-state index in [9.17, 15) is 9.59 Å².